The molecule has 116 valence electrons. The first-order valence-electron chi connectivity index (χ1n) is 7.85. The van der Waals surface area contributed by atoms with Crippen molar-refractivity contribution in [1.82, 2.24) is 0 Å². The van der Waals surface area contributed by atoms with Gasteiger partial charge in [-0.2, -0.15) is 0 Å². The lowest BCUT2D eigenvalue weighted by Gasteiger charge is -2.46. The Morgan fingerprint density at radius 3 is 2.65 bits per heavy atom. The van der Waals surface area contributed by atoms with Crippen molar-refractivity contribution in [2.75, 3.05) is 6.61 Å². The number of fused-ring (bicyclic) bond motifs is 1. The summed E-state index contributed by atoms with van der Waals surface area (Å²) in [5, 5.41) is 10.5. The fourth-order valence-electron chi connectivity index (χ4n) is 4.43. The smallest absolute Gasteiger partial charge is 0.155 e. The minimum absolute atomic E-state index is 0.00683. The molecule has 3 nitrogen and oxygen atoms in total. The third kappa shape index (κ3) is 2.44. The van der Waals surface area contributed by atoms with Crippen molar-refractivity contribution in [3.05, 3.63) is 11.6 Å². The van der Waals surface area contributed by atoms with Gasteiger partial charge in [-0.1, -0.05) is 26.8 Å². The number of hydrogen-bond acceptors (Lipinski definition) is 3. The molecule has 2 rings (SSSR count). The van der Waals surface area contributed by atoms with Crippen molar-refractivity contribution in [2.24, 2.45) is 16.7 Å². The summed E-state index contributed by atoms with van der Waals surface area (Å²) in [5.41, 5.74) is 1.22. The van der Waals surface area contributed by atoms with E-state index in [0.29, 0.717) is 12.5 Å². The second kappa shape index (κ2) is 5.43. The number of hydrogen-bond donors (Lipinski definition) is 1. The van der Waals surface area contributed by atoms with Gasteiger partial charge in [0.2, 0.25) is 0 Å². The van der Waals surface area contributed by atoms with Crippen LogP contribution in [-0.2, 0) is 9.47 Å². The average molecular weight is 282 g/mol. The van der Waals surface area contributed by atoms with Gasteiger partial charge in [-0.05, 0) is 50.5 Å². The Balaban J connectivity index is 2.27. The predicted octanol–water partition coefficient (Wildman–Crippen LogP) is 3.52. The third-order valence-corrected chi connectivity index (χ3v) is 5.60. The SMILES string of the molecule is CCOC(C)O[C@H]1C(C)=CC[C@H]2C(C)(C)C(O)C[C@]12C. The number of aliphatic hydroxyl groups excluding tert-OH is 1. The Hall–Kier alpha value is -0.380. The molecule has 0 amide bonds. The van der Waals surface area contributed by atoms with Crippen LogP contribution in [0.2, 0.25) is 0 Å². The van der Waals surface area contributed by atoms with Gasteiger partial charge in [0.05, 0.1) is 12.2 Å². The lowest BCUT2D eigenvalue weighted by Crippen LogP contribution is -2.45. The monoisotopic (exact) mass is 282 g/mol. The molecular weight excluding hydrogens is 252 g/mol. The van der Waals surface area contributed by atoms with Crippen LogP contribution in [0.1, 0.15) is 54.4 Å². The Kier molecular flexibility index (Phi) is 4.35. The average Bonchev–Trinajstić information content (AvgIpc) is 2.51. The molecule has 0 aromatic heterocycles. The Labute approximate surface area is 123 Å². The van der Waals surface area contributed by atoms with Crippen molar-refractivity contribution in [3.8, 4) is 0 Å². The topological polar surface area (TPSA) is 38.7 Å². The highest BCUT2D eigenvalue weighted by Gasteiger charge is 2.59. The van der Waals surface area contributed by atoms with E-state index in [1.807, 2.05) is 13.8 Å². The van der Waals surface area contributed by atoms with Crippen LogP contribution in [0.3, 0.4) is 0 Å². The first-order valence-corrected chi connectivity index (χ1v) is 7.85. The maximum atomic E-state index is 10.5. The molecule has 1 N–H and O–H groups in total. The fraction of sp³-hybridized carbons (Fsp3) is 0.882. The molecule has 0 radical (unpaired) electrons. The molecule has 0 aromatic carbocycles. The number of allylic oxidation sites excluding steroid dienone is 1. The zero-order valence-corrected chi connectivity index (χ0v) is 13.8. The van der Waals surface area contributed by atoms with Crippen LogP contribution < -0.4 is 0 Å². The Morgan fingerprint density at radius 2 is 2.05 bits per heavy atom. The molecular formula is C17H30O3. The second-order valence-electron chi connectivity index (χ2n) is 7.32. The molecule has 0 aliphatic heterocycles. The van der Waals surface area contributed by atoms with E-state index in [4.69, 9.17) is 9.47 Å². The summed E-state index contributed by atoms with van der Waals surface area (Å²) in [7, 11) is 0. The van der Waals surface area contributed by atoms with Crippen LogP contribution >= 0.6 is 0 Å². The van der Waals surface area contributed by atoms with E-state index in [1.165, 1.54) is 5.57 Å². The van der Waals surface area contributed by atoms with E-state index in [1.54, 1.807) is 0 Å². The van der Waals surface area contributed by atoms with E-state index in [0.717, 1.165) is 12.8 Å². The van der Waals surface area contributed by atoms with E-state index in [-0.39, 0.29) is 29.3 Å². The van der Waals surface area contributed by atoms with Gasteiger partial charge in [-0.15, -0.1) is 0 Å². The summed E-state index contributed by atoms with van der Waals surface area (Å²) < 4.78 is 11.8. The normalized spacial score (nSPS) is 41.1. The van der Waals surface area contributed by atoms with Gasteiger partial charge in [0.15, 0.2) is 6.29 Å². The van der Waals surface area contributed by atoms with Crippen LogP contribution in [0.15, 0.2) is 11.6 Å². The molecule has 2 aliphatic carbocycles. The summed E-state index contributed by atoms with van der Waals surface area (Å²) in [5.74, 6) is 0.451. The minimum Gasteiger partial charge on any atom is -0.393 e. The maximum absolute atomic E-state index is 10.5. The highest BCUT2D eigenvalue weighted by atomic mass is 16.7. The summed E-state index contributed by atoms with van der Waals surface area (Å²) in [6.45, 7) is 13.4. The van der Waals surface area contributed by atoms with Crippen LogP contribution in [-0.4, -0.2) is 30.2 Å². The zero-order chi connectivity index (χ0) is 15.1. The molecule has 2 aliphatic rings. The lowest BCUT2D eigenvalue weighted by atomic mass is 9.63. The summed E-state index contributed by atoms with van der Waals surface area (Å²) in [6, 6.07) is 0. The maximum Gasteiger partial charge on any atom is 0.155 e. The van der Waals surface area contributed by atoms with Crippen molar-refractivity contribution < 1.29 is 14.6 Å². The largest absolute Gasteiger partial charge is 0.393 e. The van der Waals surface area contributed by atoms with Gasteiger partial charge in [-0.25, -0.2) is 0 Å². The van der Waals surface area contributed by atoms with Gasteiger partial charge in [-0.3, -0.25) is 0 Å². The molecule has 0 spiro atoms. The molecule has 2 unspecified atom stereocenters. The van der Waals surface area contributed by atoms with Crippen LogP contribution in [0.5, 0.6) is 0 Å². The minimum atomic E-state index is -0.259. The highest BCUT2D eigenvalue weighted by Crippen LogP contribution is 2.60. The van der Waals surface area contributed by atoms with Gasteiger partial charge >= 0.3 is 0 Å². The second-order valence-corrected chi connectivity index (χ2v) is 7.32. The van der Waals surface area contributed by atoms with Gasteiger partial charge < -0.3 is 14.6 Å². The van der Waals surface area contributed by atoms with Crippen molar-refractivity contribution >= 4 is 0 Å². The molecule has 0 aromatic rings. The Bertz CT molecular complexity index is 388. The van der Waals surface area contributed by atoms with Crippen molar-refractivity contribution in [1.29, 1.82) is 0 Å². The lowest BCUT2D eigenvalue weighted by molar-refractivity contribution is -0.183. The number of ether oxygens (including phenoxy) is 2. The van der Waals surface area contributed by atoms with Crippen molar-refractivity contribution in [3.63, 3.8) is 0 Å². The van der Waals surface area contributed by atoms with Crippen molar-refractivity contribution in [2.45, 2.75) is 72.9 Å². The summed E-state index contributed by atoms with van der Waals surface area (Å²) >= 11 is 0. The van der Waals surface area contributed by atoms with E-state index in [9.17, 15) is 5.11 Å². The van der Waals surface area contributed by atoms with E-state index in [2.05, 4.69) is 33.8 Å². The standard InChI is InChI=1S/C17H30O3/c1-7-19-12(3)20-15-11(2)8-9-13-16(4,5)14(18)10-17(13,15)6/h8,12-15,18H,7,9-10H2,1-6H3/t12?,13-,14?,15-,17-/m0/s1. The molecule has 1 saturated carbocycles. The van der Waals surface area contributed by atoms with Gasteiger partial charge in [0.25, 0.3) is 0 Å². The van der Waals surface area contributed by atoms with Gasteiger partial charge in [0, 0.05) is 12.0 Å². The molecule has 0 heterocycles. The molecule has 5 atom stereocenters. The van der Waals surface area contributed by atoms with Crippen LogP contribution in [0, 0.1) is 16.7 Å². The molecule has 1 fully saturated rings. The predicted molar refractivity (Wildman–Crippen MR) is 80.3 cm³/mol. The fourth-order valence-corrected chi connectivity index (χ4v) is 4.43. The van der Waals surface area contributed by atoms with Crippen LogP contribution in [0.4, 0.5) is 0 Å². The van der Waals surface area contributed by atoms with Crippen LogP contribution in [0.25, 0.3) is 0 Å². The Morgan fingerprint density at radius 1 is 1.40 bits per heavy atom. The first kappa shape index (κ1) is 16.0. The number of aliphatic hydroxyl groups is 1. The highest BCUT2D eigenvalue weighted by molar-refractivity contribution is 5.22. The molecule has 0 bridgehead atoms. The molecule has 0 saturated heterocycles. The molecule has 20 heavy (non-hydrogen) atoms. The third-order valence-electron chi connectivity index (χ3n) is 5.60. The van der Waals surface area contributed by atoms with E-state index < -0.39 is 0 Å². The summed E-state index contributed by atoms with van der Waals surface area (Å²) in [4.78, 5) is 0. The van der Waals surface area contributed by atoms with E-state index >= 15 is 0 Å². The number of rotatable bonds is 4. The molecule has 3 heteroatoms. The summed E-state index contributed by atoms with van der Waals surface area (Å²) in [6.07, 6.45) is 3.71. The first-order chi connectivity index (χ1) is 9.23. The zero-order valence-electron chi connectivity index (χ0n) is 13.8. The van der Waals surface area contributed by atoms with Gasteiger partial charge in [0.1, 0.15) is 0 Å². The quantitative estimate of drug-likeness (QED) is 0.633.